The van der Waals surface area contributed by atoms with E-state index in [9.17, 15) is 14.4 Å². The smallest absolute Gasteiger partial charge is 0.306 e. The SMILES string of the molecule is CC/C=C\C/C=C\C/C=C\C/C=C\CCCCCCCCCCCCCCCCCCCCC(=O)OCC(COC(=O)CCCCCCCCCCC)OC(=O)CCCCCCCCCCCCCCC/C=C\C/C=C\CCCCCCC. The normalized spacial score (nSPS) is 12.5. The molecule has 0 saturated heterocycles. The molecule has 0 aliphatic heterocycles. The average molecular weight is 1160 g/mol. The number of ether oxygens (including phenoxy) is 3. The summed E-state index contributed by atoms with van der Waals surface area (Å²) in [4.78, 5) is 38.3. The highest BCUT2D eigenvalue weighted by Crippen LogP contribution is 2.18. The van der Waals surface area contributed by atoms with Crippen LogP contribution in [-0.4, -0.2) is 37.2 Å². The second-order valence-corrected chi connectivity index (χ2v) is 24.5. The van der Waals surface area contributed by atoms with Crippen LogP contribution in [0.3, 0.4) is 0 Å². The summed E-state index contributed by atoms with van der Waals surface area (Å²) in [6.45, 7) is 6.55. The zero-order valence-corrected chi connectivity index (χ0v) is 55.5. The van der Waals surface area contributed by atoms with E-state index in [-0.39, 0.29) is 31.1 Å². The van der Waals surface area contributed by atoms with Crippen molar-refractivity contribution in [3.8, 4) is 0 Å². The van der Waals surface area contributed by atoms with Crippen LogP contribution in [0.1, 0.15) is 380 Å². The van der Waals surface area contributed by atoms with E-state index in [0.29, 0.717) is 19.3 Å². The third-order valence-electron chi connectivity index (χ3n) is 16.2. The summed E-state index contributed by atoms with van der Waals surface area (Å²) in [5.41, 5.74) is 0. The van der Waals surface area contributed by atoms with Crippen LogP contribution in [0.25, 0.3) is 0 Å². The van der Waals surface area contributed by atoms with E-state index in [1.807, 2.05) is 0 Å². The van der Waals surface area contributed by atoms with Crippen molar-refractivity contribution in [3.05, 3.63) is 72.9 Å². The zero-order valence-electron chi connectivity index (χ0n) is 55.5. The zero-order chi connectivity index (χ0) is 59.9. The van der Waals surface area contributed by atoms with Crippen molar-refractivity contribution in [1.29, 1.82) is 0 Å². The minimum absolute atomic E-state index is 0.0696. The molecule has 0 bridgehead atoms. The van der Waals surface area contributed by atoms with Crippen molar-refractivity contribution >= 4 is 17.9 Å². The van der Waals surface area contributed by atoms with Crippen molar-refractivity contribution in [1.82, 2.24) is 0 Å². The highest BCUT2D eigenvalue weighted by Gasteiger charge is 2.19. The number of carbonyl (C=O) groups excluding carboxylic acids is 3. The molecule has 0 spiro atoms. The first-order valence-corrected chi connectivity index (χ1v) is 36.4. The van der Waals surface area contributed by atoms with Gasteiger partial charge in [-0.05, 0) is 89.9 Å². The van der Waals surface area contributed by atoms with Gasteiger partial charge in [-0.3, -0.25) is 14.4 Å². The Kier molecular flexibility index (Phi) is 68.6. The van der Waals surface area contributed by atoms with Gasteiger partial charge in [-0.1, -0.05) is 344 Å². The molecular weight excluding hydrogens is 1020 g/mol. The molecule has 0 aliphatic rings. The molecule has 83 heavy (non-hydrogen) atoms. The van der Waals surface area contributed by atoms with E-state index in [1.165, 1.54) is 250 Å². The summed E-state index contributed by atoms with van der Waals surface area (Å²) in [7, 11) is 0. The Bertz CT molecular complexity index is 1520. The lowest BCUT2D eigenvalue weighted by Gasteiger charge is -2.18. The van der Waals surface area contributed by atoms with Gasteiger partial charge in [-0.15, -0.1) is 0 Å². The fourth-order valence-corrected chi connectivity index (χ4v) is 10.8. The van der Waals surface area contributed by atoms with Crippen LogP contribution in [0.2, 0.25) is 0 Å². The fourth-order valence-electron chi connectivity index (χ4n) is 10.8. The third-order valence-corrected chi connectivity index (χ3v) is 16.2. The lowest BCUT2D eigenvalue weighted by atomic mass is 10.0. The Morgan fingerprint density at radius 3 is 0.735 bits per heavy atom. The number of esters is 3. The molecule has 1 atom stereocenters. The second kappa shape index (κ2) is 71.3. The molecule has 0 heterocycles. The van der Waals surface area contributed by atoms with E-state index < -0.39 is 6.10 Å². The fraction of sp³-hybridized carbons (Fsp3) is 0.805. The van der Waals surface area contributed by atoms with Crippen LogP contribution in [0.15, 0.2) is 72.9 Å². The third kappa shape index (κ3) is 69.5. The lowest BCUT2D eigenvalue weighted by Crippen LogP contribution is -2.30. The van der Waals surface area contributed by atoms with Crippen molar-refractivity contribution in [2.75, 3.05) is 13.2 Å². The van der Waals surface area contributed by atoms with Crippen molar-refractivity contribution in [2.24, 2.45) is 0 Å². The van der Waals surface area contributed by atoms with E-state index in [2.05, 4.69) is 93.7 Å². The van der Waals surface area contributed by atoms with E-state index in [1.54, 1.807) is 0 Å². The molecule has 0 saturated carbocycles. The molecule has 0 radical (unpaired) electrons. The molecule has 0 amide bonds. The molecule has 0 rings (SSSR count). The number of carbonyl (C=O) groups is 3. The minimum Gasteiger partial charge on any atom is -0.462 e. The lowest BCUT2D eigenvalue weighted by molar-refractivity contribution is -0.167. The maximum absolute atomic E-state index is 12.9. The van der Waals surface area contributed by atoms with E-state index in [0.717, 1.165) is 89.9 Å². The molecule has 1 unspecified atom stereocenters. The van der Waals surface area contributed by atoms with Crippen LogP contribution in [0, 0.1) is 0 Å². The van der Waals surface area contributed by atoms with Crippen LogP contribution >= 0.6 is 0 Å². The maximum Gasteiger partial charge on any atom is 0.306 e. The van der Waals surface area contributed by atoms with Gasteiger partial charge in [0.1, 0.15) is 13.2 Å². The molecule has 6 heteroatoms. The standard InChI is InChI=1S/C77H138O6/c1-4-7-10-13-16-19-21-23-25-27-29-31-33-35-36-37-38-39-40-42-43-45-47-49-51-53-55-58-61-64-67-70-76(79)82-73-74(72-81-75(78)69-66-63-60-57-18-15-12-9-6-3)83-77(80)71-68-65-62-59-56-54-52-50-48-46-44-41-34-32-30-28-26-24-22-20-17-14-11-8-5-2/h7,10,16,19,22-25,28-31,74H,4-6,8-9,11-15,17-18,20-21,26-27,32-73H2,1-3H3/b10-7-,19-16-,24-22-,25-23-,30-28-,31-29-. The summed E-state index contributed by atoms with van der Waals surface area (Å²) in [5.74, 6) is -0.850. The highest BCUT2D eigenvalue weighted by atomic mass is 16.6. The molecule has 0 aliphatic carbocycles. The Hall–Kier alpha value is -3.15. The molecule has 0 aromatic carbocycles. The van der Waals surface area contributed by atoms with Gasteiger partial charge in [-0.2, -0.15) is 0 Å². The summed E-state index contributed by atoms with van der Waals surface area (Å²) in [6.07, 6.45) is 93.8. The topological polar surface area (TPSA) is 78.9 Å². The first kappa shape index (κ1) is 79.8. The van der Waals surface area contributed by atoms with Gasteiger partial charge in [0.05, 0.1) is 0 Å². The van der Waals surface area contributed by atoms with Gasteiger partial charge in [0, 0.05) is 19.3 Å². The number of rotatable bonds is 67. The molecule has 0 fully saturated rings. The average Bonchev–Trinajstić information content (AvgIpc) is 3.49. The van der Waals surface area contributed by atoms with Gasteiger partial charge < -0.3 is 14.2 Å². The predicted octanol–water partition coefficient (Wildman–Crippen LogP) is 25.2. The molecule has 482 valence electrons. The Morgan fingerprint density at radius 1 is 0.253 bits per heavy atom. The summed E-state index contributed by atoms with van der Waals surface area (Å²) in [5, 5.41) is 0. The van der Waals surface area contributed by atoms with E-state index in [4.69, 9.17) is 14.2 Å². The number of hydrogen-bond acceptors (Lipinski definition) is 6. The number of allylic oxidation sites excluding steroid dienone is 12. The highest BCUT2D eigenvalue weighted by molar-refractivity contribution is 5.71. The Balaban J connectivity index is 4.09. The Labute approximate surface area is 516 Å². The summed E-state index contributed by atoms with van der Waals surface area (Å²) in [6, 6.07) is 0. The monoisotopic (exact) mass is 1160 g/mol. The quantitative estimate of drug-likeness (QED) is 0.0261. The van der Waals surface area contributed by atoms with Gasteiger partial charge in [-0.25, -0.2) is 0 Å². The van der Waals surface area contributed by atoms with Crippen molar-refractivity contribution < 1.29 is 28.6 Å². The Morgan fingerprint density at radius 2 is 0.470 bits per heavy atom. The van der Waals surface area contributed by atoms with Crippen LogP contribution in [0.4, 0.5) is 0 Å². The predicted molar refractivity (Wildman–Crippen MR) is 362 cm³/mol. The van der Waals surface area contributed by atoms with Crippen LogP contribution in [0.5, 0.6) is 0 Å². The van der Waals surface area contributed by atoms with Gasteiger partial charge >= 0.3 is 17.9 Å². The second-order valence-electron chi connectivity index (χ2n) is 24.5. The van der Waals surface area contributed by atoms with Gasteiger partial charge in [0.25, 0.3) is 0 Å². The number of hydrogen-bond donors (Lipinski definition) is 0. The summed E-state index contributed by atoms with van der Waals surface area (Å²) < 4.78 is 17.0. The summed E-state index contributed by atoms with van der Waals surface area (Å²) >= 11 is 0. The van der Waals surface area contributed by atoms with Crippen LogP contribution in [-0.2, 0) is 28.6 Å². The first-order chi connectivity index (χ1) is 41.0. The van der Waals surface area contributed by atoms with Crippen LogP contribution < -0.4 is 0 Å². The molecule has 0 aromatic heterocycles. The minimum atomic E-state index is -0.772. The van der Waals surface area contributed by atoms with Gasteiger partial charge in [0.2, 0.25) is 0 Å². The van der Waals surface area contributed by atoms with Crippen molar-refractivity contribution in [3.63, 3.8) is 0 Å². The van der Waals surface area contributed by atoms with Gasteiger partial charge in [0.15, 0.2) is 6.10 Å². The molecule has 0 N–H and O–H groups in total. The largest absolute Gasteiger partial charge is 0.462 e. The van der Waals surface area contributed by atoms with E-state index >= 15 is 0 Å². The first-order valence-electron chi connectivity index (χ1n) is 36.4. The maximum atomic E-state index is 12.9. The molecule has 0 aromatic rings. The van der Waals surface area contributed by atoms with Crippen molar-refractivity contribution in [2.45, 2.75) is 386 Å². The molecular formula is C77H138O6. The number of unbranched alkanes of at least 4 members (excludes halogenated alkanes) is 44. The molecule has 6 nitrogen and oxygen atoms in total.